The first-order chi connectivity index (χ1) is 16.0. The maximum atomic E-state index is 13.5. The number of nitrogens with zero attached hydrogens (tertiary/aromatic N) is 3. The second kappa shape index (κ2) is 10.5. The molecule has 0 aliphatic carbocycles. The fourth-order valence-electron chi connectivity index (χ4n) is 4.14. The van der Waals surface area contributed by atoms with Crippen molar-refractivity contribution in [1.29, 1.82) is 0 Å². The fraction of sp³-hybridized carbons (Fsp3) is 0.231. The molecule has 2 amide bonds. The van der Waals surface area contributed by atoms with Crippen LogP contribution < -0.4 is 15.5 Å². The third-order valence-electron chi connectivity index (χ3n) is 5.91. The molecular formula is C26H27ClN4O2. The zero-order valence-electron chi connectivity index (χ0n) is 18.4. The quantitative estimate of drug-likeness (QED) is 0.578. The Bertz CT molecular complexity index is 1110. The molecule has 1 aliphatic heterocycles. The van der Waals surface area contributed by atoms with Crippen molar-refractivity contribution in [3.05, 3.63) is 95.0 Å². The molecule has 6 nitrogen and oxygen atoms in total. The van der Waals surface area contributed by atoms with E-state index in [0.29, 0.717) is 34.9 Å². The van der Waals surface area contributed by atoms with Crippen LogP contribution in [0.1, 0.15) is 20.7 Å². The molecule has 1 heterocycles. The molecule has 0 saturated carbocycles. The van der Waals surface area contributed by atoms with Gasteiger partial charge in [0, 0.05) is 55.5 Å². The first kappa shape index (κ1) is 22.8. The van der Waals surface area contributed by atoms with Gasteiger partial charge in [-0.2, -0.15) is 0 Å². The molecule has 0 radical (unpaired) electrons. The topological polar surface area (TPSA) is 69.9 Å². The minimum absolute atomic E-state index is 0.214. The number of halogens is 1. The van der Waals surface area contributed by atoms with E-state index in [0.717, 1.165) is 26.2 Å². The number of anilines is 2. The average molecular weight is 463 g/mol. The third kappa shape index (κ3) is 5.53. The fourth-order valence-corrected chi connectivity index (χ4v) is 4.33. The van der Waals surface area contributed by atoms with Crippen molar-refractivity contribution in [2.45, 2.75) is 0 Å². The van der Waals surface area contributed by atoms with E-state index in [1.165, 1.54) is 5.69 Å². The summed E-state index contributed by atoms with van der Waals surface area (Å²) in [5, 5.41) is 0.487. The van der Waals surface area contributed by atoms with E-state index in [1.54, 1.807) is 53.4 Å². The monoisotopic (exact) mass is 462 g/mol. The Morgan fingerprint density at radius 1 is 0.879 bits per heavy atom. The molecule has 0 aromatic heterocycles. The van der Waals surface area contributed by atoms with Gasteiger partial charge < -0.3 is 15.5 Å². The normalized spacial score (nSPS) is 14.2. The summed E-state index contributed by atoms with van der Waals surface area (Å²) in [6, 6.07) is 24.2. The highest BCUT2D eigenvalue weighted by molar-refractivity contribution is 6.31. The predicted molar refractivity (Wildman–Crippen MR) is 133 cm³/mol. The van der Waals surface area contributed by atoms with E-state index in [9.17, 15) is 9.59 Å². The van der Waals surface area contributed by atoms with Crippen molar-refractivity contribution in [3.8, 4) is 0 Å². The van der Waals surface area contributed by atoms with Crippen LogP contribution in [0.5, 0.6) is 0 Å². The van der Waals surface area contributed by atoms with Crippen molar-refractivity contribution in [1.82, 2.24) is 4.90 Å². The summed E-state index contributed by atoms with van der Waals surface area (Å²) in [6.07, 6.45) is 0. The van der Waals surface area contributed by atoms with E-state index < -0.39 is 5.91 Å². The Kier molecular flexibility index (Phi) is 7.27. The van der Waals surface area contributed by atoms with Gasteiger partial charge in [-0.05, 0) is 42.5 Å². The zero-order chi connectivity index (χ0) is 23.2. The van der Waals surface area contributed by atoms with Crippen LogP contribution in [0.2, 0.25) is 5.02 Å². The number of primary amides is 1. The summed E-state index contributed by atoms with van der Waals surface area (Å²) in [4.78, 5) is 31.9. The first-order valence-electron chi connectivity index (χ1n) is 11.0. The van der Waals surface area contributed by atoms with Gasteiger partial charge in [-0.25, -0.2) is 0 Å². The lowest BCUT2D eigenvalue weighted by Gasteiger charge is -2.37. The average Bonchev–Trinajstić information content (AvgIpc) is 2.85. The van der Waals surface area contributed by atoms with Crippen molar-refractivity contribution >= 4 is 34.8 Å². The molecule has 3 aromatic rings. The molecule has 1 aliphatic rings. The molecule has 7 heteroatoms. The Morgan fingerprint density at radius 3 is 2.27 bits per heavy atom. The van der Waals surface area contributed by atoms with Gasteiger partial charge in [0.1, 0.15) is 0 Å². The smallest absolute Gasteiger partial charge is 0.258 e. The largest absolute Gasteiger partial charge is 0.369 e. The summed E-state index contributed by atoms with van der Waals surface area (Å²) in [5.74, 6) is -0.778. The summed E-state index contributed by atoms with van der Waals surface area (Å²) in [7, 11) is 0. The van der Waals surface area contributed by atoms with Gasteiger partial charge in [0.05, 0.1) is 11.3 Å². The molecule has 1 saturated heterocycles. The molecule has 2 N–H and O–H groups in total. The Morgan fingerprint density at radius 2 is 1.58 bits per heavy atom. The van der Waals surface area contributed by atoms with Gasteiger partial charge in [-0.3, -0.25) is 14.5 Å². The lowest BCUT2D eigenvalue weighted by atomic mass is 10.1. The van der Waals surface area contributed by atoms with Gasteiger partial charge in [0.15, 0.2) is 0 Å². The number of carbonyl (C=O) groups is 2. The number of hydrogen-bond acceptors (Lipinski definition) is 4. The van der Waals surface area contributed by atoms with Crippen molar-refractivity contribution in [2.24, 2.45) is 5.73 Å². The van der Waals surface area contributed by atoms with Gasteiger partial charge in [-0.15, -0.1) is 0 Å². The molecule has 0 unspecified atom stereocenters. The maximum Gasteiger partial charge on any atom is 0.258 e. The van der Waals surface area contributed by atoms with Crippen LogP contribution in [0, 0.1) is 0 Å². The van der Waals surface area contributed by atoms with E-state index in [2.05, 4.69) is 34.1 Å². The number of rotatable bonds is 7. The van der Waals surface area contributed by atoms with Crippen LogP contribution >= 0.6 is 11.6 Å². The lowest BCUT2D eigenvalue weighted by Crippen LogP contribution is -2.49. The Labute approximate surface area is 199 Å². The molecule has 0 atom stereocenters. The Hall–Kier alpha value is -3.35. The summed E-state index contributed by atoms with van der Waals surface area (Å²) >= 11 is 6.13. The number of amides is 2. The van der Waals surface area contributed by atoms with Crippen LogP contribution in [0.4, 0.5) is 11.4 Å². The molecule has 1 fully saturated rings. The van der Waals surface area contributed by atoms with E-state index >= 15 is 0 Å². The number of nitrogens with two attached hydrogens (primary N) is 1. The highest BCUT2D eigenvalue weighted by Crippen LogP contribution is 2.24. The third-order valence-corrected chi connectivity index (χ3v) is 6.15. The van der Waals surface area contributed by atoms with Crippen LogP contribution in [0.3, 0.4) is 0 Å². The molecule has 33 heavy (non-hydrogen) atoms. The van der Waals surface area contributed by atoms with E-state index in [4.69, 9.17) is 17.3 Å². The van der Waals surface area contributed by atoms with Gasteiger partial charge >= 0.3 is 0 Å². The summed E-state index contributed by atoms with van der Waals surface area (Å²) < 4.78 is 0. The highest BCUT2D eigenvalue weighted by atomic mass is 35.5. The molecule has 0 spiro atoms. The predicted octanol–water partition coefficient (Wildman–Crippen LogP) is 3.91. The maximum absolute atomic E-state index is 13.5. The first-order valence-corrected chi connectivity index (χ1v) is 11.4. The SMILES string of the molecule is NC(=O)c1ccccc1N(CCN1CCN(c2ccccc2)CC1)C(=O)c1cccc(Cl)c1. The standard InChI is InChI=1S/C26H27ClN4O2/c27-21-8-6-7-20(19-21)26(33)31(24-12-5-4-11-23(24)25(28)32)18-15-29-13-16-30(17-14-29)22-9-2-1-3-10-22/h1-12,19H,13-18H2,(H2,28,32). The van der Waals surface area contributed by atoms with Crippen LogP contribution in [0.25, 0.3) is 0 Å². The number of carbonyl (C=O) groups excluding carboxylic acids is 2. The lowest BCUT2D eigenvalue weighted by molar-refractivity contribution is 0.0982. The van der Waals surface area contributed by atoms with Crippen LogP contribution in [-0.4, -0.2) is 56.0 Å². The number of benzene rings is 3. The molecule has 0 bridgehead atoms. The number of piperazine rings is 1. The minimum Gasteiger partial charge on any atom is -0.369 e. The van der Waals surface area contributed by atoms with Gasteiger partial charge in [0.25, 0.3) is 11.8 Å². The van der Waals surface area contributed by atoms with E-state index in [1.807, 2.05) is 6.07 Å². The van der Waals surface area contributed by atoms with Gasteiger partial charge in [0.2, 0.25) is 0 Å². The Balaban J connectivity index is 1.50. The second-order valence-corrected chi connectivity index (χ2v) is 8.45. The van der Waals surface area contributed by atoms with Crippen molar-refractivity contribution in [3.63, 3.8) is 0 Å². The van der Waals surface area contributed by atoms with Crippen LogP contribution in [-0.2, 0) is 0 Å². The summed E-state index contributed by atoms with van der Waals surface area (Å²) in [6.45, 7) is 4.74. The second-order valence-electron chi connectivity index (χ2n) is 8.01. The van der Waals surface area contributed by atoms with Crippen molar-refractivity contribution < 1.29 is 9.59 Å². The minimum atomic E-state index is -0.564. The number of hydrogen-bond donors (Lipinski definition) is 1. The molecule has 4 rings (SSSR count). The molecule has 170 valence electrons. The number of para-hydroxylation sites is 2. The van der Waals surface area contributed by atoms with Gasteiger partial charge in [-0.1, -0.05) is 48.0 Å². The summed E-state index contributed by atoms with van der Waals surface area (Å²) in [5.41, 5.74) is 8.14. The van der Waals surface area contributed by atoms with Crippen molar-refractivity contribution in [2.75, 3.05) is 49.1 Å². The van der Waals surface area contributed by atoms with Crippen LogP contribution in [0.15, 0.2) is 78.9 Å². The molecule has 3 aromatic carbocycles. The molecular weight excluding hydrogens is 436 g/mol. The zero-order valence-corrected chi connectivity index (χ0v) is 19.1. The van der Waals surface area contributed by atoms with E-state index in [-0.39, 0.29) is 5.91 Å². The highest BCUT2D eigenvalue weighted by Gasteiger charge is 2.24.